The molecule has 0 unspecified atom stereocenters. The Morgan fingerprint density at radius 2 is 1.64 bits per heavy atom. The van der Waals surface area contributed by atoms with E-state index in [9.17, 15) is 18.0 Å². The second-order valence-electron chi connectivity index (χ2n) is 9.54. The van der Waals surface area contributed by atoms with Crippen LogP contribution in [0.3, 0.4) is 0 Å². The lowest BCUT2D eigenvalue weighted by atomic mass is 9.95. The number of piperidine rings is 1. The van der Waals surface area contributed by atoms with E-state index in [0.29, 0.717) is 41.5 Å². The number of benzene rings is 3. The van der Waals surface area contributed by atoms with Gasteiger partial charge in [0.1, 0.15) is 0 Å². The van der Waals surface area contributed by atoms with Crippen molar-refractivity contribution in [2.24, 2.45) is 5.92 Å². The van der Waals surface area contributed by atoms with Gasteiger partial charge in [-0.1, -0.05) is 49.4 Å². The Morgan fingerprint density at radius 3 is 2.31 bits per heavy atom. The van der Waals surface area contributed by atoms with Crippen LogP contribution in [-0.4, -0.2) is 63.4 Å². The molecule has 2 N–H and O–H groups in total. The fourth-order valence-electron chi connectivity index (χ4n) is 4.67. The first-order valence-corrected chi connectivity index (χ1v) is 13.4. The zero-order chi connectivity index (χ0) is 26.0. The van der Waals surface area contributed by atoms with Gasteiger partial charge < -0.3 is 15.1 Å². The molecule has 1 aliphatic rings. The van der Waals surface area contributed by atoms with Crippen LogP contribution in [0.5, 0.6) is 0 Å². The number of anilines is 1. The number of nitrogens with zero attached hydrogens (tertiary/aromatic N) is 2. The van der Waals surface area contributed by atoms with Gasteiger partial charge in [-0.15, -0.1) is 0 Å². The average Bonchev–Trinajstić information content (AvgIpc) is 2.85. The molecular formula is C27H32N4O4S. The summed E-state index contributed by atoms with van der Waals surface area (Å²) < 4.78 is 29.9. The van der Waals surface area contributed by atoms with E-state index in [0.717, 1.165) is 5.56 Å². The third kappa shape index (κ3) is 5.22. The van der Waals surface area contributed by atoms with Crippen molar-refractivity contribution in [3.05, 3.63) is 71.8 Å². The van der Waals surface area contributed by atoms with Gasteiger partial charge in [-0.25, -0.2) is 17.9 Å². The number of amides is 3. The van der Waals surface area contributed by atoms with Gasteiger partial charge in [0.2, 0.25) is 10.0 Å². The van der Waals surface area contributed by atoms with E-state index in [2.05, 4.69) is 10.0 Å². The number of aryl methyl sites for hydroxylation is 1. The highest BCUT2D eigenvalue weighted by molar-refractivity contribution is 7.89. The van der Waals surface area contributed by atoms with E-state index in [4.69, 9.17) is 0 Å². The molecule has 1 saturated heterocycles. The topological polar surface area (TPSA) is 98.8 Å². The smallest absolute Gasteiger partial charge is 0.319 e. The van der Waals surface area contributed by atoms with Gasteiger partial charge in [-0.2, -0.15) is 0 Å². The summed E-state index contributed by atoms with van der Waals surface area (Å²) in [5.41, 5.74) is 1.96. The highest BCUT2D eigenvalue weighted by atomic mass is 32.2. The largest absolute Gasteiger partial charge is 0.331 e. The molecule has 36 heavy (non-hydrogen) atoms. The maximum Gasteiger partial charge on any atom is 0.319 e. The molecule has 3 amide bonds. The van der Waals surface area contributed by atoms with Crippen molar-refractivity contribution in [1.29, 1.82) is 0 Å². The van der Waals surface area contributed by atoms with Crippen molar-refractivity contribution in [2.75, 3.05) is 32.5 Å². The molecule has 9 heteroatoms. The van der Waals surface area contributed by atoms with Crippen molar-refractivity contribution in [1.82, 2.24) is 14.5 Å². The van der Waals surface area contributed by atoms with Gasteiger partial charge in [-0.05, 0) is 43.0 Å². The number of likely N-dealkylation sites (tertiary alicyclic amines) is 1. The van der Waals surface area contributed by atoms with Gasteiger partial charge in [0, 0.05) is 55.2 Å². The number of nitrogens with one attached hydrogen (secondary N) is 2. The zero-order valence-electron chi connectivity index (χ0n) is 21.0. The van der Waals surface area contributed by atoms with Crippen LogP contribution >= 0.6 is 0 Å². The van der Waals surface area contributed by atoms with Crippen LogP contribution in [0.25, 0.3) is 10.8 Å². The predicted octanol–water partition coefficient (Wildman–Crippen LogP) is 4.07. The summed E-state index contributed by atoms with van der Waals surface area (Å²) >= 11 is 0. The quantitative estimate of drug-likeness (QED) is 0.543. The molecule has 3 aromatic carbocycles. The molecule has 8 nitrogen and oxygen atoms in total. The number of urea groups is 1. The van der Waals surface area contributed by atoms with Crippen LogP contribution in [0, 0.1) is 12.8 Å². The highest BCUT2D eigenvalue weighted by Crippen LogP contribution is 2.31. The summed E-state index contributed by atoms with van der Waals surface area (Å²) in [5, 5.41) is 4.11. The van der Waals surface area contributed by atoms with Crippen LogP contribution in [0.2, 0.25) is 0 Å². The maximum atomic E-state index is 13.5. The molecule has 0 saturated carbocycles. The van der Waals surface area contributed by atoms with Crippen molar-refractivity contribution in [3.8, 4) is 0 Å². The molecular weight excluding hydrogens is 476 g/mol. The second kappa shape index (κ2) is 10.3. The number of rotatable bonds is 5. The summed E-state index contributed by atoms with van der Waals surface area (Å²) in [6, 6.07) is 17.3. The molecule has 4 rings (SSSR count). The second-order valence-corrected chi connectivity index (χ2v) is 11.2. The SMILES string of the molecule is Cc1ccccc1C(=O)Nc1ccc(S(=O)(=O)N[C@H]2CCN(C(=O)N(C)C)C[C@H]2C)c2ccccc12. The third-order valence-corrected chi connectivity index (χ3v) is 8.22. The summed E-state index contributed by atoms with van der Waals surface area (Å²) in [6.07, 6.45) is 0.530. The Hall–Kier alpha value is -3.43. The number of carbonyl (C=O) groups excluding carboxylic acids is 2. The van der Waals surface area contributed by atoms with Crippen LogP contribution in [0.4, 0.5) is 10.5 Å². The van der Waals surface area contributed by atoms with Crippen molar-refractivity contribution in [3.63, 3.8) is 0 Å². The standard InChI is InChI=1S/C27H32N4O4S/c1-18-9-5-6-10-20(18)26(32)28-24-13-14-25(22-12-8-7-11-21(22)24)36(34,35)29-23-15-16-31(17-19(23)2)27(33)30(3)4/h5-14,19,23,29H,15-17H2,1-4H3,(H,28,32)/t19-,23+/m1/s1. The first-order chi connectivity index (χ1) is 17.1. The molecule has 3 aromatic rings. The number of hydrogen-bond donors (Lipinski definition) is 2. The van der Waals surface area contributed by atoms with Gasteiger partial charge in [0.25, 0.3) is 5.91 Å². The maximum absolute atomic E-state index is 13.5. The monoisotopic (exact) mass is 508 g/mol. The van der Waals surface area contributed by atoms with E-state index in [1.807, 2.05) is 38.1 Å². The van der Waals surface area contributed by atoms with Gasteiger partial charge in [0.15, 0.2) is 0 Å². The molecule has 0 aromatic heterocycles. The average molecular weight is 509 g/mol. The first kappa shape index (κ1) is 25.7. The van der Waals surface area contributed by atoms with Crippen molar-refractivity contribution < 1.29 is 18.0 Å². The van der Waals surface area contributed by atoms with Gasteiger partial charge in [-0.3, -0.25) is 4.79 Å². The summed E-state index contributed by atoms with van der Waals surface area (Å²) in [7, 11) is -0.437. The number of fused-ring (bicyclic) bond motifs is 1. The van der Waals surface area contributed by atoms with Gasteiger partial charge >= 0.3 is 6.03 Å². The molecule has 1 aliphatic heterocycles. The molecule has 190 valence electrons. The first-order valence-electron chi connectivity index (χ1n) is 12.0. The Bertz CT molecular complexity index is 1400. The van der Waals surface area contributed by atoms with Crippen LogP contribution < -0.4 is 10.0 Å². The molecule has 1 fully saturated rings. The lowest BCUT2D eigenvalue weighted by molar-refractivity contribution is 0.102. The van der Waals surface area contributed by atoms with Crippen LogP contribution in [0.1, 0.15) is 29.3 Å². The van der Waals surface area contributed by atoms with E-state index in [-0.39, 0.29) is 28.8 Å². The lowest BCUT2D eigenvalue weighted by Crippen LogP contribution is -2.53. The summed E-state index contributed by atoms with van der Waals surface area (Å²) in [5.74, 6) is -0.295. The molecule has 2 atom stereocenters. The predicted molar refractivity (Wildman–Crippen MR) is 142 cm³/mol. The number of sulfonamides is 1. The fourth-order valence-corrected chi connectivity index (χ4v) is 6.26. The third-order valence-electron chi connectivity index (χ3n) is 6.68. The van der Waals surface area contributed by atoms with E-state index >= 15 is 0 Å². The Kier molecular flexibility index (Phi) is 7.33. The fraction of sp³-hybridized carbons (Fsp3) is 0.333. The van der Waals surface area contributed by atoms with Crippen molar-refractivity contribution in [2.45, 2.75) is 31.2 Å². The van der Waals surface area contributed by atoms with E-state index in [1.165, 1.54) is 11.0 Å². The van der Waals surface area contributed by atoms with E-state index in [1.54, 1.807) is 49.3 Å². The molecule has 0 spiro atoms. The number of hydrogen-bond acceptors (Lipinski definition) is 4. The minimum atomic E-state index is -3.85. The van der Waals surface area contributed by atoms with Crippen molar-refractivity contribution >= 4 is 38.4 Å². The Morgan fingerprint density at radius 1 is 0.972 bits per heavy atom. The summed E-state index contributed by atoms with van der Waals surface area (Å²) in [6.45, 7) is 4.79. The van der Waals surface area contributed by atoms with E-state index < -0.39 is 10.0 Å². The Labute approximate surface area is 212 Å². The molecule has 0 radical (unpaired) electrons. The molecule has 0 bridgehead atoms. The molecule has 0 aliphatic carbocycles. The lowest BCUT2D eigenvalue weighted by Gasteiger charge is -2.38. The summed E-state index contributed by atoms with van der Waals surface area (Å²) in [4.78, 5) is 28.6. The number of carbonyl (C=O) groups is 2. The minimum absolute atomic E-state index is 0.0450. The highest BCUT2D eigenvalue weighted by Gasteiger charge is 2.33. The molecule has 1 heterocycles. The van der Waals surface area contributed by atoms with Gasteiger partial charge in [0.05, 0.1) is 4.90 Å². The normalized spacial score (nSPS) is 18.2. The van der Waals surface area contributed by atoms with Crippen LogP contribution in [-0.2, 0) is 10.0 Å². The Balaban J connectivity index is 1.58. The van der Waals surface area contributed by atoms with Crippen LogP contribution in [0.15, 0.2) is 65.6 Å². The zero-order valence-corrected chi connectivity index (χ0v) is 21.8. The minimum Gasteiger partial charge on any atom is -0.331 e.